The molecule has 8 nitrogen and oxygen atoms in total. The Hall–Kier alpha value is -2.03. The van der Waals surface area contributed by atoms with E-state index in [-0.39, 0.29) is 36.0 Å². The molecule has 2 amide bonds. The number of nitrogens with zero attached hydrogens (tertiary/aromatic N) is 2. The SMILES string of the molecule is CN(C)C(=O)Oc1cc(OC(=O)N(C)C)cc([C@@H](O)CNC(C)(C)C)c1.Cl. The van der Waals surface area contributed by atoms with Gasteiger partial charge in [-0.25, -0.2) is 9.59 Å². The predicted octanol–water partition coefficient (Wildman–Crippen LogP) is 2.65. The molecule has 0 aliphatic carbocycles. The van der Waals surface area contributed by atoms with Gasteiger partial charge in [0.1, 0.15) is 11.5 Å². The summed E-state index contributed by atoms with van der Waals surface area (Å²) in [4.78, 5) is 26.2. The van der Waals surface area contributed by atoms with Gasteiger partial charge >= 0.3 is 12.2 Å². The summed E-state index contributed by atoms with van der Waals surface area (Å²) >= 11 is 0. The number of benzene rings is 1. The van der Waals surface area contributed by atoms with Crippen LogP contribution in [-0.4, -0.2) is 67.4 Å². The predicted molar refractivity (Wildman–Crippen MR) is 106 cm³/mol. The number of carbonyl (C=O) groups is 2. The van der Waals surface area contributed by atoms with Gasteiger partial charge in [0.2, 0.25) is 0 Å². The lowest BCUT2D eigenvalue weighted by Crippen LogP contribution is -2.38. The van der Waals surface area contributed by atoms with Crippen molar-refractivity contribution in [2.45, 2.75) is 32.4 Å². The minimum atomic E-state index is -0.871. The maximum atomic E-state index is 11.8. The summed E-state index contributed by atoms with van der Waals surface area (Å²) < 4.78 is 10.5. The average Bonchev–Trinajstić information content (AvgIpc) is 2.51. The third-order valence-corrected chi connectivity index (χ3v) is 3.25. The lowest BCUT2D eigenvalue weighted by atomic mass is 10.1. The van der Waals surface area contributed by atoms with E-state index in [1.54, 1.807) is 40.3 Å². The van der Waals surface area contributed by atoms with Crippen LogP contribution in [0.4, 0.5) is 9.59 Å². The summed E-state index contributed by atoms with van der Waals surface area (Å²) in [6.07, 6.45) is -2.02. The summed E-state index contributed by atoms with van der Waals surface area (Å²) in [5.74, 6) is 0.357. The molecule has 0 aliphatic heterocycles. The number of amides is 2. The molecule has 2 N–H and O–H groups in total. The van der Waals surface area contributed by atoms with Crippen molar-refractivity contribution in [2.75, 3.05) is 34.7 Å². The molecule has 0 aliphatic rings. The van der Waals surface area contributed by atoms with Gasteiger partial charge < -0.3 is 29.7 Å². The maximum absolute atomic E-state index is 11.8. The van der Waals surface area contributed by atoms with Crippen LogP contribution in [0, 0.1) is 0 Å². The van der Waals surface area contributed by atoms with E-state index in [0.717, 1.165) is 0 Å². The Morgan fingerprint density at radius 1 is 1.00 bits per heavy atom. The number of hydrogen-bond acceptors (Lipinski definition) is 6. The van der Waals surface area contributed by atoms with Crippen LogP contribution < -0.4 is 14.8 Å². The molecule has 1 aromatic carbocycles. The van der Waals surface area contributed by atoms with E-state index in [1.165, 1.54) is 15.9 Å². The van der Waals surface area contributed by atoms with Crippen molar-refractivity contribution in [1.29, 1.82) is 0 Å². The molecule has 0 unspecified atom stereocenters. The van der Waals surface area contributed by atoms with Crippen molar-refractivity contribution in [3.63, 3.8) is 0 Å². The second kappa shape index (κ2) is 10.3. The molecule has 0 saturated carbocycles. The highest BCUT2D eigenvalue weighted by atomic mass is 35.5. The van der Waals surface area contributed by atoms with Crippen LogP contribution in [0.2, 0.25) is 0 Å². The van der Waals surface area contributed by atoms with Crippen LogP contribution in [0.15, 0.2) is 18.2 Å². The Balaban J connectivity index is 0.00000676. The van der Waals surface area contributed by atoms with Gasteiger partial charge in [-0.15, -0.1) is 12.4 Å². The molecule has 1 aromatic rings. The number of aliphatic hydroxyl groups excluding tert-OH is 1. The van der Waals surface area contributed by atoms with Crippen LogP contribution in [0.1, 0.15) is 32.4 Å². The zero-order valence-corrected chi connectivity index (χ0v) is 17.7. The maximum Gasteiger partial charge on any atom is 0.414 e. The molecule has 0 aromatic heterocycles. The van der Waals surface area contributed by atoms with Crippen LogP contribution in [-0.2, 0) is 0 Å². The van der Waals surface area contributed by atoms with Crippen molar-refractivity contribution in [1.82, 2.24) is 15.1 Å². The zero-order chi connectivity index (χ0) is 20.1. The van der Waals surface area contributed by atoms with Gasteiger partial charge in [0.25, 0.3) is 0 Å². The molecule has 0 spiro atoms. The van der Waals surface area contributed by atoms with E-state index in [4.69, 9.17) is 9.47 Å². The molecule has 0 radical (unpaired) electrons. The molecule has 9 heteroatoms. The van der Waals surface area contributed by atoms with Gasteiger partial charge in [-0.2, -0.15) is 0 Å². The Labute approximate surface area is 166 Å². The number of halogens is 1. The largest absolute Gasteiger partial charge is 0.414 e. The normalized spacial score (nSPS) is 11.9. The molecule has 0 saturated heterocycles. The number of hydrogen-bond donors (Lipinski definition) is 2. The monoisotopic (exact) mass is 403 g/mol. The Morgan fingerprint density at radius 2 is 1.41 bits per heavy atom. The van der Waals surface area contributed by atoms with Crippen molar-refractivity contribution in [3.05, 3.63) is 23.8 Å². The molecule has 0 fully saturated rings. The third kappa shape index (κ3) is 8.94. The first-order valence-corrected chi connectivity index (χ1v) is 8.25. The van der Waals surface area contributed by atoms with Crippen LogP contribution in [0.3, 0.4) is 0 Å². The zero-order valence-electron chi connectivity index (χ0n) is 16.9. The second-order valence-corrected chi connectivity index (χ2v) is 7.41. The number of β-amino-alcohol motifs (C(OH)–C–C–N with tert-alkyl or cyclic N) is 1. The molecule has 1 rings (SSSR count). The number of nitrogens with one attached hydrogen (secondary N) is 1. The Bertz CT molecular complexity index is 604. The standard InChI is InChI=1S/C18H29N3O5.ClH/c1-18(2,3)19-11-15(22)12-8-13(25-16(23)20(4)5)10-14(9-12)26-17(24)21(6)7;/h8-10,15,19,22H,11H2,1-7H3;1H/t15-;/m0./s1. The molecule has 1 atom stereocenters. The first-order chi connectivity index (χ1) is 11.9. The highest BCUT2D eigenvalue weighted by Crippen LogP contribution is 2.27. The summed E-state index contributed by atoms with van der Waals surface area (Å²) in [5, 5.41) is 13.7. The number of ether oxygens (including phenoxy) is 2. The van der Waals surface area contributed by atoms with Gasteiger partial charge in [-0.05, 0) is 38.5 Å². The van der Waals surface area contributed by atoms with E-state index >= 15 is 0 Å². The van der Waals surface area contributed by atoms with Gasteiger partial charge in [-0.3, -0.25) is 0 Å². The first kappa shape index (κ1) is 25.0. The van der Waals surface area contributed by atoms with Crippen LogP contribution >= 0.6 is 12.4 Å². The van der Waals surface area contributed by atoms with Crippen molar-refractivity contribution >= 4 is 24.6 Å². The fraction of sp³-hybridized carbons (Fsp3) is 0.556. The second-order valence-electron chi connectivity index (χ2n) is 7.41. The van der Waals surface area contributed by atoms with Crippen LogP contribution in [0.5, 0.6) is 11.5 Å². The molecule has 27 heavy (non-hydrogen) atoms. The molecular formula is C18H30ClN3O5. The molecule has 154 valence electrons. The van der Waals surface area contributed by atoms with E-state index in [9.17, 15) is 14.7 Å². The molecular weight excluding hydrogens is 374 g/mol. The summed E-state index contributed by atoms with van der Waals surface area (Å²) in [5.41, 5.74) is 0.295. The number of carbonyl (C=O) groups excluding carboxylic acids is 2. The topological polar surface area (TPSA) is 91.3 Å². The van der Waals surface area contributed by atoms with Gasteiger partial charge in [0.05, 0.1) is 6.10 Å². The fourth-order valence-corrected chi connectivity index (χ4v) is 1.81. The summed E-state index contributed by atoms with van der Waals surface area (Å²) in [6.45, 7) is 6.24. The lowest BCUT2D eigenvalue weighted by molar-refractivity contribution is 0.159. The highest BCUT2D eigenvalue weighted by Gasteiger charge is 2.18. The van der Waals surface area contributed by atoms with Gasteiger partial charge in [0, 0.05) is 46.3 Å². The van der Waals surface area contributed by atoms with E-state index < -0.39 is 18.3 Å². The minimum Gasteiger partial charge on any atom is -0.410 e. The number of aliphatic hydroxyl groups is 1. The molecule has 0 heterocycles. The minimum absolute atomic E-state index is 0. The molecule has 0 bridgehead atoms. The number of rotatable bonds is 5. The van der Waals surface area contributed by atoms with E-state index in [1.807, 2.05) is 20.8 Å². The van der Waals surface area contributed by atoms with E-state index in [2.05, 4.69) is 5.32 Å². The fourth-order valence-electron chi connectivity index (χ4n) is 1.81. The summed E-state index contributed by atoms with van der Waals surface area (Å²) in [7, 11) is 6.23. The highest BCUT2D eigenvalue weighted by molar-refractivity contribution is 5.85. The Morgan fingerprint density at radius 3 is 1.74 bits per heavy atom. The Kier molecular flexibility index (Phi) is 9.56. The third-order valence-electron chi connectivity index (χ3n) is 3.25. The summed E-state index contributed by atoms with van der Waals surface area (Å²) in [6, 6.07) is 4.52. The van der Waals surface area contributed by atoms with Crippen LogP contribution in [0.25, 0.3) is 0 Å². The quantitative estimate of drug-likeness (QED) is 0.785. The van der Waals surface area contributed by atoms with Crippen molar-refractivity contribution < 1.29 is 24.2 Å². The lowest BCUT2D eigenvalue weighted by Gasteiger charge is -2.23. The average molecular weight is 404 g/mol. The van der Waals surface area contributed by atoms with Crippen molar-refractivity contribution in [3.8, 4) is 11.5 Å². The van der Waals surface area contributed by atoms with Gasteiger partial charge in [0.15, 0.2) is 0 Å². The smallest absolute Gasteiger partial charge is 0.410 e. The first-order valence-electron chi connectivity index (χ1n) is 8.25. The van der Waals surface area contributed by atoms with Gasteiger partial charge in [-0.1, -0.05) is 0 Å². The van der Waals surface area contributed by atoms with E-state index in [0.29, 0.717) is 5.56 Å². The van der Waals surface area contributed by atoms with Crippen molar-refractivity contribution in [2.24, 2.45) is 0 Å².